The number of rotatable bonds is 5. The first-order valence-corrected chi connectivity index (χ1v) is 9.33. The molecule has 3 rings (SSSR count). The maximum Gasteiger partial charge on any atom is 0.0975 e. The average Bonchev–Trinajstić information content (AvgIpc) is 2.88. The number of fused-ring (bicyclic) bond motifs is 1. The Morgan fingerprint density at radius 2 is 2.33 bits per heavy atom. The highest BCUT2D eigenvalue weighted by Crippen LogP contribution is 2.35. The van der Waals surface area contributed by atoms with Crippen molar-refractivity contribution in [2.75, 3.05) is 6.54 Å². The van der Waals surface area contributed by atoms with Gasteiger partial charge in [-0.1, -0.05) is 35.0 Å². The standard InChI is InChI=1S/C17H21BrN2S/c1-2-9-19-14-7-4-8-15-17(14)21-16(20-15)11-12-5-3-6-13(18)10-12/h3,5-6,10,14,19H,2,4,7-9,11H2,1H3. The van der Waals surface area contributed by atoms with Crippen molar-refractivity contribution >= 4 is 27.3 Å². The molecule has 4 heteroatoms. The van der Waals surface area contributed by atoms with Crippen molar-refractivity contribution in [3.8, 4) is 0 Å². The van der Waals surface area contributed by atoms with E-state index in [1.807, 2.05) is 11.3 Å². The lowest BCUT2D eigenvalue weighted by Gasteiger charge is -2.22. The number of aromatic nitrogens is 1. The van der Waals surface area contributed by atoms with Crippen LogP contribution < -0.4 is 5.32 Å². The van der Waals surface area contributed by atoms with E-state index in [1.54, 1.807) is 0 Å². The Bertz CT molecular complexity index is 609. The highest BCUT2D eigenvalue weighted by Gasteiger charge is 2.23. The van der Waals surface area contributed by atoms with Crippen LogP contribution in [0.4, 0.5) is 0 Å². The van der Waals surface area contributed by atoms with Gasteiger partial charge < -0.3 is 5.32 Å². The SMILES string of the molecule is CCCNC1CCCc2nc(Cc3cccc(Br)c3)sc21. The summed E-state index contributed by atoms with van der Waals surface area (Å²) in [5.74, 6) is 0. The molecule has 0 aliphatic heterocycles. The molecule has 0 bridgehead atoms. The molecule has 0 saturated carbocycles. The number of benzene rings is 1. The Kier molecular flexibility index (Phi) is 5.09. The molecule has 1 atom stereocenters. The predicted octanol–water partition coefficient (Wildman–Crippen LogP) is 4.87. The van der Waals surface area contributed by atoms with Gasteiger partial charge in [0.15, 0.2) is 0 Å². The van der Waals surface area contributed by atoms with Crippen molar-refractivity contribution in [3.63, 3.8) is 0 Å². The summed E-state index contributed by atoms with van der Waals surface area (Å²) in [5.41, 5.74) is 2.67. The molecule has 1 aromatic carbocycles. The second kappa shape index (κ2) is 7.03. The van der Waals surface area contributed by atoms with Gasteiger partial charge in [0.2, 0.25) is 0 Å². The fraction of sp³-hybridized carbons (Fsp3) is 0.471. The zero-order valence-corrected chi connectivity index (χ0v) is 14.8. The molecule has 1 unspecified atom stereocenters. The highest BCUT2D eigenvalue weighted by atomic mass is 79.9. The van der Waals surface area contributed by atoms with Crippen LogP contribution in [0.5, 0.6) is 0 Å². The molecule has 0 radical (unpaired) electrons. The molecule has 1 aliphatic rings. The molecule has 0 saturated heterocycles. The fourth-order valence-electron chi connectivity index (χ4n) is 2.88. The number of hydrogen-bond acceptors (Lipinski definition) is 3. The molecule has 112 valence electrons. The average molecular weight is 365 g/mol. The lowest BCUT2D eigenvalue weighted by Crippen LogP contribution is -2.24. The zero-order valence-electron chi connectivity index (χ0n) is 12.4. The molecule has 0 fully saturated rings. The lowest BCUT2D eigenvalue weighted by molar-refractivity contribution is 0.464. The predicted molar refractivity (Wildman–Crippen MR) is 93.0 cm³/mol. The molecule has 1 aliphatic carbocycles. The monoisotopic (exact) mass is 364 g/mol. The number of halogens is 1. The molecule has 1 N–H and O–H groups in total. The van der Waals surface area contributed by atoms with E-state index < -0.39 is 0 Å². The van der Waals surface area contributed by atoms with E-state index in [0.717, 1.165) is 23.9 Å². The van der Waals surface area contributed by atoms with E-state index in [9.17, 15) is 0 Å². The number of thiazole rings is 1. The maximum atomic E-state index is 4.90. The van der Waals surface area contributed by atoms with Crippen LogP contribution in [0.25, 0.3) is 0 Å². The van der Waals surface area contributed by atoms with Crippen LogP contribution in [0.2, 0.25) is 0 Å². The molecule has 2 nitrogen and oxygen atoms in total. The fourth-order valence-corrected chi connectivity index (χ4v) is 4.58. The van der Waals surface area contributed by atoms with E-state index in [-0.39, 0.29) is 0 Å². The zero-order chi connectivity index (χ0) is 14.7. The van der Waals surface area contributed by atoms with Gasteiger partial charge in [-0.2, -0.15) is 0 Å². The molecular formula is C17H21BrN2S. The first-order chi connectivity index (χ1) is 10.3. The van der Waals surface area contributed by atoms with Crippen LogP contribution in [0.3, 0.4) is 0 Å². The smallest absolute Gasteiger partial charge is 0.0975 e. The van der Waals surface area contributed by atoms with Crippen LogP contribution in [-0.2, 0) is 12.8 Å². The summed E-state index contributed by atoms with van der Waals surface area (Å²) in [4.78, 5) is 6.38. The number of hydrogen-bond donors (Lipinski definition) is 1. The van der Waals surface area contributed by atoms with Crippen molar-refractivity contribution in [1.82, 2.24) is 10.3 Å². The van der Waals surface area contributed by atoms with Gasteiger partial charge in [0.1, 0.15) is 0 Å². The maximum absolute atomic E-state index is 4.90. The quantitative estimate of drug-likeness (QED) is 0.817. The minimum Gasteiger partial charge on any atom is -0.309 e. The first kappa shape index (κ1) is 15.2. The van der Waals surface area contributed by atoms with Gasteiger partial charge in [0.05, 0.1) is 10.7 Å². The number of aryl methyl sites for hydroxylation is 1. The van der Waals surface area contributed by atoms with Gasteiger partial charge in [-0.05, 0) is 49.9 Å². The third-order valence-corrected chi connectivity index (χ3v) is 5.58. The van der Waals surface area contributed by atoms with Crippen molar-refractivity contribution in [2.45, 2.75) is 45.1 Å². The summed E-state index contributed by atoms with van der Waals surface area (Å²) in [5, 5.41) is 4.93. The van der Waals surface area contributed by atoms with Gasteiger partial charge in [-0.15, -0.1) is 11.3 Å². The van der Waals surface area contributed by atoms with Crippen LogP contribution in [-0.4, -0.2) is 11.5 Å². The molecule has 1 heterocycles. The molecule has 0 spiro atoms. The van der Waals surface area contributed by atoms with Crippen molar-refractivity contribution in [1.29, 1.82) is 0 Å². The number of nitrogens with zero attached hydrogens (tertiary/aromatic N) is 1. The van der Waals surface area contributed by atoms with Crippen LogP contribution in [0.1, 0.15) is 53.4 Å². The Balaban J connectivity index is 1.78. The Labute approximate surface area is 139 Å². The summed E-state index contributed by atoms with van der Waals surface area (Å²) >= 11 is 5.45. The second-order valence-corrected chi connectivity index (χ2v) is 7.66. The second-order valence-electron chi connectivity index (χ2n) is 5.62. The molecule has 21 heavy (non-hydrogen) atoms. The number of nitrogens with one attached hydrogen (secondary N) is 1. The summed E-state index contributed by atoms with van der Waals surface area (Å²) in [7, 11) is 0. The minimum atomic E-state index is 0.530. The van der Waals surface area contributed by atoms with Gasteiger partial charge in [-0.3, -0.25) is 0 Å². The Morgan fingerprint density at radius 1 is 1.43 bits per heavy atom. The van der Waals surface area contributed by atoms with E-state index in [0.29, 0.717) is 6.04 Å². The van der Waals surface area contributed by atoms with Crippen molar-refractivity contribution in [3.05, 3.63) is 49.9 Å². The summed E-state index contributed by atoms with van der Waals surface area (Å²) < 4.78 is 1.14. The molecule has 1 aromatic heterocycles. The lowest BCUT2D eigenvalue weighted by atomic mass is 9.98. The minimum absolute atomic E-state index is 0.530. The summed E-state index contributed by atoms with van der Waals surface area (Å²) in [6, 6.07) is 9.06. The van der Waals surface area contributed by atoms with Crippen molar-refractivity contribution < 1.29 is 0 Å². The molecular weight excluding hydrogens is 344 g/mol. The van der Waals surface area contributed by atoms with Gasteiger partial charge in [0, 0.05) is 21.8 Å². The van der Waals surface area contributed by atoms with Gasteiger partial charge >= 0.3 is 0 Å². The summed E-state index contributed by atoms with van der Waals surface area (Å²) in [6.45, 7) is 3.32. The van der Waals surface area contributed by atoms with E-state index in [2.05, 4.69) is 52.4 Å². The highest BCUT2D eigenvalue weighted by molar-refractivity contribution is 9.10. The normalized spacial score (nSPS) is 17.7. The van der Waals surface area contributed by atoms with E-state index in [1.165, 1.54) is 40.4 Å². The topological polar surface area (TPSA) is 24.9 Å². The largest absolute Gasteiger partial charge is 0.309 e. The van der Waals surface area contributed by atoms with Crippen LogP contribution in [0, 0.1) is 0 Å². The van der Waals surface area contributed by atoms with Crippen LogP contribution in [0.15, 0.2) is 28.7 Å². The summed E-state index contributed by atoms with van der Waals surface area (Å²) in [6.07, 6.45) is 5.79. The van der Waals surface area contributed by atoms with Gasteiger partial charge in [0.25, 0.3) is 0 Å². The third kappa shape index (κ3) is 3.74. The molecule has 2 aromatic rings. The van der Waals surface area contributed by atoms with E-state index >= 15 is 0 Å². The van der Waals surface area contributed by atoms with E-state index in [4.69, 9.17) is 4.98 Å². The first-order valence-electron chi connectivity index (χ1n) is 7.72. The third-order valence-electron chi connectivity index (χ3n) is 3.88. The van der Waals surface area contributed by atoms with Crippen LogP contribution >= 0.6 is 27.3 Å². The Hall–Kier alpha value is -0.710. The molecule has 0 amide bonds. The Morgan fingerprint density at radius 3 is 3.14 bits per heavy atom. The van der Waals surface area contributed by atoms with Crippen molar-refractivity contribution in [2.24, 2.45) is 0 Å². The van der Waals surface area contributed by atoms with Gasteiger partial charge in [-0.25, -0.2) is 4.98 Å².